The molecule has 0 saturated carbocycles. The van der Waals surface area contributed by atoms with Crippen LogP contribution in [0, 0.1) is 5.82 Å². The van der Waals surface area contributed by atoms with Gasteiger partial charge in [-0.3, -0.25) is 9.59 Å². The fourth-order valence-corrected chi connectivity index (χ4v) is 3.51. The second-order valence-corrected chi connectivity index (χ2v) is 7.07. The van der Waals surface area contributed by atoms with Crippen molar-refractivity contribution in [3.8, 4) is 0 Å². The molecule has 132 valence electrons. The van der Waals surface area contributed by atoms with E-state index in [-0.39, 0.29) is 34.4 Å². The molecule has 0 aliphatic heterocycles. The highest BCUT2D eigenvalue weighted by Crippen LogP contribution is 2.23. The van der Waals surface area contributed by atoms with Crippen molar-refractivity contribution in [1.29, 1.82) is 0 Å². The lowest BCUT2D eigenvalue weighted by atomic mass is 10.0. The number of carbonyl (C=O) groups is 2. The van der Waals surface area contributed by atoms with Gasteiger partial charge >= 0.3 is 0 Å². The van der Waals surface area contributed by atoms with Crippen molar-refractivity contribution in [2.75, 3.05) is 7.05 Å². The number of thiophene rings is 1. The number of carbonyl (C=O) groups excluding carboxylic acids is 2. The van der Waals surface area contributed by atoms with Gasteiger partial charge < -0.3 is 4.90 Å². The minimum Gasteiger partial charge on any atom is -0.337 e. The number of hydrogen-bond acceptors (Lipinski definition) is 3. The van der Waals surface area contributed by atoms with E-state index in [2.05, 4.69) is 0 Å². The second kappa shape index (κ2) is 7.81. The van der Waals surface area contributed by atoms with Crippen molar-refractivity contribution in [3.05, 3.63) is 92.4 Å². The number of ketones is 1. The predicted octanol–water partition coefficient (Wildman–Crippen LogP) is 5.04. The van der Waals surface area contributed by atoms with Crippen molar-refractivity contribution in [1.82, 2.24) is 4.90 Å². The van der Waals surface area contributed by atoms with E-state index < -0.39 is 5.82 Å². The quantitative estimate of drug-likeness (QED) is 0.575. The summed E-state index contributed by atoms with van der Waals surface area (Å²) in [5.74, 6) is -1.05. The van der Waals surface area contributed by atoms with E-state index in [9.17, 15) is 14.0 Å². The lowest BCUT2D eigenvalue weighted by Crippen LogP contribution is -2.28. The molecule has 6 heteroatoms. The molecule has 1 amide bonds. The zero-order valence-corrected chi connectivity index (χ0v) is 15.5. The molecule has 0 N–H and O–H groups in total. The average Bonchev–Trinajstić information content (AvgIpc) is 3.18. The van der Waals surface area contributed by atoms with Gasteiger partial charge in [-0.15, -0.1) is 11.3 Å². The van der Waals surface area contributed by atoms with Crippen LogP contribution in [0.1, 0.15) is 31.2 Å². The molecular weight excluding hydrogens is 373 g/mol. The summed E-state index contributed by atoms with van der Waals surface area (Å²) in [7, 11) is 1.55. The Morgan fingerprint density at radius 1 is 1.04 bits per heavy atom. The maximum Gasteiger partial charge on any atom is 0.254 e. The summed E-state index contributed by atoms with van der Waals surface area (Å²) in [5, 5.41) is 2.07. The molecule has 3 nitrogen and oxygen atoms in total. The minimum atomic E-state index is -0.472. The number of benzene rings is 2. The van der Waals surface area contributed by atoms with Crippen LogP contribution >= 0.6 is 22.9 Å². The molecule has 0 spiro atoms. The molecule has 0 radical (unpaired) electrons. The summed E-state index contributed by atoms with van der Waals surface area (Å²) in [4.78, 5) is 27.5. The fourth-order valence-electron chi connectivity index (χ4n) is 2.61. The van der Waals surface area contributed by atoms with Gasteiger partial charge in [-0.2, -0.15) is 0 Å². The Morgan fingerprint density at radius 2 is 1.77 bits per heavy atom. The van der Waals surface area contributed by atoms with Gasteiger partial charge in [0, 0.05) is 29.7 Å². The Balaban J connectivity index is 1.89. The van der Waals surface area contributed by atoms with Crippen LogP contribution < -0.4 is 0 Å². The van der Waals surface area contributed by atoms with Crippen LogP contribution in [0.3, 0.4) is 0 Å². The third-order valence-electron chi connectivity index (χ3n) is 3.95. The van der Waals surface area contributed by atoms with E-state index in [0.717, 1.165) is 0 Å². The van der Waals surface area contributed by atoms with E-state index in [1.807, 2.05) is 5.38 Å². The maximum absolute atomic E-state index is 14.0. The van der Waals surface area contributed by atoms with Crippen LogP contribution in [0.4, 0.5) is 4.39 Å². The fraction of sp³-hybridized carbons (Fsp3) is 0.100. The first-order valence-corrected chi connectivity index (χ1v) is 9.10. The lowest BCUT2D eigenvalue weighted by Gasteiger charge is -2.20. The van der Waals surface area contributed by atoms with Crippen LogP contribution in [-0.2, 0) is 6.54 Å². The van der Waals surface area contributed by atoms with Gasteiger partial charge in [-0.25, -0.2) is 4.39 Å². The van der Waals surface area contributed by atoms with Crippen molar-refractivity contribution in [2.24, 2.45) is 0 Å². The molecule has 3 aromatic rings. The molecule has 0 atom stereocenters. The first kappa shape index (κ1) is 18.3. The van der Waals surface area contributed by atoms with Gasteiger partial charge in [-0.1, -0.05) is 41.9 Å². The summed E-state index contributed by atoms with van der Waals surface area (Å²) in [6, 6.07) is 14.5. The van der Waals surface area contributed by atoms with Gasteiger partial charge in [-0.05, 0) is 29.6 Å². The molecule has 1 aromatic heterocycles. The molecule has 0 bridgehead atoms. The summed E-state index contributed by atoms with van der Waals surface area (Å²) in [6.45, 7) is 0.00582. The molecule has 26 heavy (non-hydrogen) atoms. The van der Waals surface area contributed by atoms with Gasteiger partial charge in [0.05, 0.1) is 10.4 Å². The lowest BCUT2D eigenvalue weighted by molar-refractivity contribution is 0.0779. The zero-order valence-electron chi connectivity index (χ0n) is 13.9. The Bertz CT molecular complexity index is 936. The average molecular weight is 388 g/mol. The predicted molar refractivity (Wildman–Crippen MR) is 101 cm³/mol. The normalized spacial score (nSPS) is 10.6. The Kier molecular flexibility index (Phi) is 5.49. The maximum atomic E-state index is 14.0. The molecule has 0 saturated heterocycles. The van der Waals surface area contributed by atoms with Crippen LogP contribution in [0.15, 0.2) is 60.0 Å². The molecule has 0 aliphatic carbocycles. The smallest absolute Gasteiger partial charge is 0.254 e. The van der Waals surface area contributed by atoms with E-state index in [1.54, 1.807) is 49.5 Å². The SMILES string of the molecule is CN(Cc1c(F)cccc1Cl)C(=O)c1ccccc1C(=O)c1cccs1. The molecule has 3 rings (SSSR count). The topological polar surface area (TPSA) is 37.4 Å². The number of nitrogens with zero attached hydrogens (tertiary/aromatic N) is 1. The van der Waals surface area contributed by atoms with Crippen molar-refractivity contribution in [3.63, 3.8) is 0 Å². The standard InChI is InChI=1S/C20H15ClFNO2S/c1-23(12-15-16(21)8-4-9-17(15)22)20(25)14-7-3-2-6-13(14)19(24)18-10-5-11-26-18/h2-11H,12H2,1H3. The third kappa shape index (κ3) is 3.69. The van der Waals surface area contributed by atoms with Gasteiger partial charge in [0.1, 0.15) is 5.82 Å². The third-order valence-corrected chi connectivity index (χ3v) is 5.17. The largest absolute Gasteiger partial charge is 0.337 e. The Hall–Kier alpha value is -2.50. The Labute approximate surface area is 159 Å². The molecular formula is C20H15ClFNO2S. The molecule has 0 unspecified atom stereocenters. The molecule has 0 fully saturated rings. The monoisotopic (exact) mass is 387 g/mol. The zero-order chi connectivity index (χ0) is 18.7. The summed E-state index contributed by atoms with van der Waals surface area (Å²) < 4.78 is 14.0. The first-order valence-electron chi connectivity index (χ1n) is 7.84. The van der Waals surface area contributed by atoms with Gasteiger partial charge in [0.15, 0.2) is 0 Å². The highest BCUT2D eigenvalue weighted by Gasteiger charge is 2.22. The van der Waals surface area contributed by atoms with E-state index >= 15 is 0 Å². The summed E-state index contributed by atoms with van der Waals surface area (Å²) in [5.41, 5.74) is 0.847. The van der Waals surface area contributed by atoms with Crippen molar-refractivity contribution in [2.45, 2.75) is 6.54 Å². The van der Waals surface area contributed by atoms with Crippen molar-refractivity contribution < 1.29 is 14.0 Å². The first-order chi connectivity index (χ1) is 12.5. The van der Waals surface area contributed by atoms with E-state index in [0.29, 0.717) is 10.4 Å². The van der Waals surface area contributed by atoms with Crippen LogP contribution in [-0.4, -0.2) is 23.6 Å². The summed E-state index contributed by atoms with van der Waals surface area (Å²) in [6.07, 6.45) is 0. The highest BCUT2D eigenvalue weighted by molar-refractivity contribution is 7.12. The second-order valence-electron chi connectivity index (χ2n) is 5.71. The highest BCUT2D eigenvalue weighted by atomic mass is 35.5. The number of amides is 1. The van der Waals surface area contributed by atoms with Crippen LogP contribution in [0.2, 0.25) is 5.02 Å². The van der Waals surface area contributed by atoms with E-state index in [1.165, 1.54) is 28.4 Å². The number of hydrogen-bond donors (Lipinski definition) is 0. The molecule has 0 aliphatic rings. The molecule has 2 aromatic carbocycles. The van der Waals surface area contributed by atoms with E-state index in [4.69, 9.17) is 11.6 Å². The van der Waals surface area contributed by atoms with Crippen molar-refractivity contribution >= 4 is 34.6 Å². The van der Waals surface area contributed by atoms with Gasteiger partial charge in [0.2, 0.25) is 5.78 Å². The minimum absolute atomic E-state index is 0.00582. The van der Waals surface area contributed by atoms with Crippen LogP contribution in [0.25, 0.3) is 0 Å². The number of rotatable bonds is 5. The Morgan fingerprint density at radius 3 is 2.42 bits per heavy atom. The summed E-state index contributed by atoms with van der Waals surface area (Å²) >= 11 is 7.36. The van der Waals surface area contributed by atoms with Gasteiger partial charge in [0.25, 0.3) is 5.91 Å². The van der Waals surface area contributed by atoms with Crippen LogP contribution in [0.5, 0.6) is 0 Å². The molecule has 1 heterocycles. The number of halogens is 2.